The number of benzene rings is 1. The number of hydrogen-bond acceptors (Lipinski definition) is 6. The van der Waals surface area contributed by atoms with Crippen molar-refractivity contribution in [1.29, 1.82) is 0 Å². The first-order chi connectivity index (χ1) is 17.2. The summed E-state index contributed by atoms with van der Waals surface area (Å²) in [7, 11) is 3.94. The summed E-state index contributed by atoms with van der Waals surface area (Å²) in [4.78, 5) is 5.22. The van der Waals surface area contributed by atoms with Gasteiger partial charge in [0.15, 0.2) is 5.16 Å². The van der Waals surface area contributed by atoms with Gasteiger partial charge in [-0.1, -0.05) is 43.2 Å². The van der Waals surface area contributed by atoms with Crippen molar-refractivity contribution in [2.75, 3.05) is 50.5 Å². The van der Waals surface area contributed by atoms with Crippen LogP contribution in [0.25, 0.3) is 0 Å². The molecule has 0 bridgehead atoms. The number of nitrogens with zero attached hydrogens (tertiary/aromatic N) is 5. The standard InChI is InChI=1S/C28H43N5OS/c1-31-26(23-9-4-3-5-10-23)29-30-27(31)35-22-8-17-32-18-13-28(14-19-32)15-20-33(21-16-28)24-11-6-7-12-25(24)34-2/h6-7,11-12,23H,3-5,8-10,13-22H2,1-2H3. The van der Waals surface area contributed by atoms with Crippen molar-refractivity contribution in [2.45, 2.75) is 75.3 Å². The van der Waals surface area contributed by atoms with Gasteiger partial charge in [-0.2, -0.15) is 0 Å². The molecule has 3 fully saturated rings. The molecule has 6 nitrogen and oxygen atoms in total. The minimum absolute atomic E-state index is 0.553. The third-order valence-corrected chi connectivity index (χ3v) is 9.96. The number of ether oxygens (including phenoxy) is 1. The van der Waals surface area contributed by atoms with Gasteiger partial charge in [0, 0.05) is 31.8 Å². The number of rotatable bonds is 8. The lowest BCUT2D eigenvalue weighted by Gasteiger charge is -2.47. The Kier molecular flexibility index (Phi) is 8.23. The zero-order chi connectivity index (χ0) is 24.1. The summed E-state index contributed by atoms with van der Waals surface area (Å²) in [5, 5.41) is 10.2. The summed E-state index contributed by atoms with van der Waals surface area (Å²) < 4.78 is 7.87. The Bertz CT molecular complexity index is 939. The van der Waals surface area contributed by atoms with Crippen molar-refractivity contribution in [3.63, 3.8) is 0 Å². The first kappa shape index (κ1) is 24.9. The van der Waals surface area contributed by atoms with Gasteiger partial charge in [-0.15, -0.1) is 10.2 Å². The molecule has 0 radical (unpaired) electrons. The molecule has 0 amide bonds. The molecule has 1 aliphatic carbocycles. The van der Waals surface area contributed by atoms with E-state index in [0.717, 1.165) is 29.7 Å². The molecule has 1 aromatic heterocycles. The Morgan fingerprint density at radius 2 is 1.69 bits per heavy atom. The molecule has 3 heterocycles. The van der Waals surface area contributed by atoms with Crippen molar-refractivity contribution in [1.82, 2.24) is 19.7 Å². The van der Waals surface area contributed by atoms with E-state index < -0.39 is 0 Å². The van der Waals surface area contributed by atoms with E-state index in [1.165, 1.54) is 95.4 Å². The molecule has 0 N–H and O–H groups in total. The SMILES string of the molecule is COc1ccccc1N1CCC2(CCN(CCCSc3nnc(C4CCCCC4)n3C)CC2)CC1. The number of aromatic nitrogens is 3. The van der Waals surface area contributed by atoms with Crippen molar-refractivity contribution in [3.8, 4) is 5.75 Å². The van der Waals surface area contributed by atoms with Crippen LogP contribution in [0.3, 0.4) is 0 Å². The lowest BCUT2D eigenvalue weighted by Crippen LogP contribution is -2.47. The van der Waals surface area contributed by atoms with Crippen LogP contribution in [-0.4, -0.2) is 65.3 Å². The van der Waals surface area contributed by atoms with Gasteiger partial charge in [-0.3, -0.25) is 0 Å². The number of piperidine rings is 2. The highest BCUT2D eigenvalue weighted by Crippen LogP contribution is 2.43. The second-order valence-electron chi connectivity index (χ2n) is 10.9. The molecule has 2 aliphatic heterocycles. The summed E-state index contributed by atoms with van der Waals surface area (Å²) in [6.07, 6.45) is 13.2. The molecule has 0 atom stereocenters. The van der Waals surface area contributed by atoms with Crippen LogP contribution >= 0.6 is 11.8 Å². The van der Waals surface area contributed by atoms with E-state index in [9.17, 15) is 0 Å². The predicted octanol–water partition coefficient (Wildman–Crippen LogP) is 5.74. The van der Waals surface area contributed by atoms with Gasteiger partial charge >= 0.3 is 0 Å². The second-order valence-corrected chi connectivity index (χ2v) is 12.0. The Labute approximate surface area is 215 Å². The maximum absolute atomic E-state index is 5.60. The molecule has 1 saturated carbocycles. The van der Waals surface area contributed by atoms with Gasteiger partial charge in [-0.05, 0) is 82.1 Å². The van der Waals surface area contributed by atoms with Crippen LogP contribution in [0.5, 0.6) is 5.75 Å². The number of methoxy groups -OCH3 is 1. The third kappa shape index (κ3) is 5.82. The van der Waals surface area contributed by atoms with Crippen molar-refractivity contribution in [2.24, 2.45) is 12.5 Å². The Morgan fingerprint density at radius 1 is 0.971 bits per heavy atom. The first-order valence-electron chi connectivity index (χ1n) is 13.8. The summed E-state index contributed by atoms with van der Waals surface area (Å²) in [5.74, 6) is 3.97. The molecule has 192 valence electrons. The minimum atomic E-state index is 0.553. The Balaban J connectivity index is 1.02. The number of anilines is 1. The van der Waals surface area contributed by atoms with Gasteiger partial charge < -0.3 is 19.1 Å². The number of hydrogen-bond donors (Lipinski definition) is 0. The smallest absolute Gasteiger partial charge is 0.190 e. The molecule has 1 spiro atoms. The minimum Gasteiger partial charge on any atom is -0.495 e. The molecule has 2 saturated heterocycles. The van der Waals surface area contributed by atoms with Gasteiger partial charge in [-0.25, -0.2) is 0 Å². The van der Waals surface area contributed by atoms with E-state index in [1.54, 1.807) is 7.11 Å². The van der Waals surface area contributed by atoms with E-state index in [2.05, 4.69) is 55.9 Å². The van der Waals surface area contributed by atoms with Crippen molar-refractivity contribution >= 4 is 17.4 Å². The van der Waals surface area contributed by atoms with Crippen molar-refractivity contribution < 1.29 is 4.74 Å². The maximum atomic E-state index is 5.60. The molecule has 35 heavy (non-hydrogen) atoms. The number of likely N-dealkylation sites (tertiary alicyclic amines) is 1. The van der Waals surface area contributed by atoms with Crippen LogP contribution in [0.4, 0.5) is 5.69 Å². The molecular formula is C28H43N5OS. The molecule has 2 aromatic rings. The lowest BCUT2D eigenvalue weighted by atomic mass is 9.71. The molecule has 5 rings (SSSR count). The van der Waals surface area contributed by atoms with E-state index in [4.69, 9.17) is 4.74 Å². The topological polar surface area (TPSA) is 46.4 Å². The fourth-order valence-electron chi connectivity index (χ4n) is 6.48. The van der Waals surface area contributed by atoms with Crippen LogP contribution in [0, 0.1) is 5.41 Å². The third-order valence-electron chi connectivity index (χ3n) is 8.86. The van der Waals surface area contributed by atoms with E-state index in [0.29, 0.717) is 11.3 Å². The number of thioether (sulfide) groups is 1. The highest BCUT2D eigenvalue weighted by atomic mass is 32.2. The van der Waals surface area contributed by atoms with E-state index in [-0.39, 0.29) is 0 Å². The average molecular weight is 498 g/mol. The van der Waals surface area contributed by atoms with Gasteiger partial charge in [0.2, 0.25) is 0 Å². The molecule has 3 aliphatic rings. The van der Waals surface area contributed by atoms with E-state index >= 15 is 0 Å². The largest absolute Gasteiger partial charge is 0.495 e. The normalized spacial score (nSPS) is 21.5. The quantitative estimate of drug-likeness (QED) is 0.343. The van der Waals surface area contributed by atoms with Crippen LogP contribution in [0.15, 0.2) is 29.4 Å². The molecular weight excluding hydrogens is 454 g/mol. The summed E-state index contributed by atoms with van der Waals surface area (Å²) in [6.45, 7) is 6.03. The van der Waals surface area contributed by atoms with Gasteiger partial charge in [0.1, 0.15) is 11.6 Å². The van der Waals surface area contributed by atoms with Crippen LogP contribution < -0.4 is 9.64 Å². The fourth-order valence-corrected chi connectivity index (χ4v) is 7.33. The zero-order valence-electron chi connectivity index (χ0n) is 21.8. The second kappa shape index (κ2) is 11.5. The molecule has 0 unspecified atom stereocenters. The summed E-state index contributed by atoms with van der Waals surface area (Å²) in [6, 6.07) is 8.47. The highest BCUT2D eigenvalue weighted by Gasteiger charge is 2.37. The average Bonchev–Trinajstić information content (AvgIpc) is 3.28. The summed E-state index contributed by atoms with van der Waals surface area (Å²) >= 11 is 1.89. The monoisotopic (exact) mass is 497 g/mol. The van der Waals surface area contributed by atoms with E-state index in [1.807, 2.05) is 11.8 Å². The van der Waals surface area contributed by atoms with Crippen LogP contribution in [0.2, 0.25) is 0 Å². The lowest BCUT2D eigenvalue weighted by molar-refractivity contribution is 0.0801. The highest BCUT2D eigenvalue weighted by molar-refractivity contribution is 7.99. The zero-order valence-corrected chi connectivity index (χ0v) is 22.6. The van der Waals surface area contributed by atoms with Gasteiger partial charge in [0.05, 0.1) is 12.8 Å². The first-order valence-corrected chi connectivity index (χ1v) is 14.8. The predicted molar refractivity (Wildman–Crippen MR) is 145 cm³/mol. The Morgan fingerprint density at radius 3 is 2.43 bits per heavy atom. The van der Waals surface area contributed by atoms with Gasteiger partial charge in [0.25, 0.3) is 0 Å². The Hall–Kier alpha value is -1.73. The molecule has 7 heteroatoms. The van der Waals surface area contributed by atoms with Crippen LogP contribution in [-0.2, 0) is 7.05 Å². The fraction of sp³-hybridized carbons (Fsp3) is 0.714. The van der Waals surface area contributed by atoms with Crippen LogP contribution in [0.1, 0.15) is 76.0 Å². The maximum Gasteiger partial charge on any atom is 0.190 e. The number of para-hydroxylation sites is 2. The van der Waals surface area contributed by atoms with Crippen molar-refractivity contribution in [3.05, 3.63) is 30.1 Å². The molecule has 1 aromatic carbocycles. The summed E-state index contributed by atoms with van der Waals surface area (Å²) in [5.41, 5.74) is 1.81.